The van der Waals surface area contributed by atoms with Crippen molar-refractivity contribution in [3.8, 4) is 5.69 Å². The van der Waals surface area contributed by atoms with Crippen LogP contribution >= 0.6 is 11.6 Å². The summed E-state index contributed by atoms with van der Waals surface area (Å²) in [5, 5.41) is 9.95. The summed E-state index contributed by atoms with van der Waals surface area (Å²) in [6, 6.07) is 10.2. The lowest BCUT2D eigenvalue weighted by Gasteiger charge is -2.17. The van der Waals surface area contributed by atoms with Crippen molar-refractivity contribution in [2.45, 2.75) is 37.8 Å². The molecule has 150 valence electrons. The minimum absolute atomic E-state index is 0.0798. The molecule has 0 saturated carbocycles. The zero-order valence-corrected chi connectivity index (χ0v) is 17.2. The third-order valence-electron chi connectivity index (χ3n) is 6.00. The molecule has 2 aliphatic rings. The van der Waals surface area contributed by atoms with Gasteiger partial charge < -0.3 is 4.74 Å². The average molecular weight is 410 g/mol. The fraction of sp³-hybridized carbons (Fsp3) is 0.409. The summed E-state index contributed by atoms with van der Waals surface area (Å²) in [5.41, 5.74) is 3.57. The number of hydrogen-bond donors (Lipinski definition) is 0. The summed E-state index contributed by atoms with van der Waals surface area (Å²) < 4.78 is 7.96. The van der Waals surface area contributed by atoms with Crippen molar-refractivity contribution in [1.29, 1.82) is 0 Å². The molecule has 4 heterocycles. The Hall–Kier alpha value is -2.28. The number of halogens is 1. The van der Waals surface area contributed by atoms with Crippen LogP contribution in [-0.4, -0.2) is 51.0 Å². The number of pyridine rings is 1. The number of benzene rings is 1. The van der Waals surface area contributed by atoms with Crippen LogP contribution in [0.15, 0.2) is 42.7 Å². The van der Waals surface area contributed by atoms with Crippen LogP contribution in [0.2, 0.25) is 5.02 Å². The standard InChI is InChI=1S/C22H24ClN5O/c1-29-19-10-17-9-18(23)4-5-20(17)28-21(11-19)25-26-22(28)16-6-8-27(14-16)13-15-3-2-7-24-12-15/h2-5,7,9,12,16,19H,6,8,10-11,13-14H2,1H3. The molecule has 7 heteroatoms. The first-order valence-electron chi connectivity index (χ1n) is 10.1. The zero-order chi connectivity index (χ0) is 19.8. The quantitative estimate of drug-likeness (QED) is 0.660. The maximum atomic E-state index is 6.29. The van der Waals surface area contributed by atoms with Crippen molar-refractivity contribution < 1.29 is 4.74 Å². The van der Waals surface area contributed by atoms with Crippen LogP contribution in [0.4, 0.5) is 0 Å². The molecule has 2 atom stereocenters. The Morgan fingerprint density at radius 2 is 2.14 bits per heavy atom. The smallest absolute Gasteiger partial charge is 0.142 e. The van der Waals surface area contributed by atoms with Gasteiger partial charge in [0, 0.05) is 56.4 Å². The first-order chi connectivity index (χ1) is 14.2. The normalized spacial score (nSPS) is 21.6. The molecule has 5 rings (SSSR count). The molecule has 0 aliphatic carbocycles. The van der Waals surface area contributed by atoms with Crippen LogP contribution in [0.1, 0.15) is 35.1 Å². The summed E-state index contributed by atoms with van der Waals surface area (Å²) in [5.74, 6) is 2.38. The lowest BCUT2D eigenvalue weighted by atomic mass is 10.0. The molecular weight excluding hydrogens is 386 g/mol. The number of methoxy groups -OCH3 is 1. The number of likely N-dealkylation sites (tertiary alicyclic amines) is 1. The Morgan fingerprint density at radius 1 is 1.21 bits per heavy atom. The predicted octanol–water partition coefficient (Wildman–Crippen LogP) is 3.42. The van der Waals surface area contributed by atoms with Crippen molar-refractivity contribution in [3.63, 3.8) is 0 Å². The molecule has 6 nitrogen and oxygen atoms in total. The highest BCUT2D eigenvalue weighted by molar-refractivity contribution is 6.30. The number of hydrogen-bond acceptors (Lipinski definition) is 5. The van der Waals surface area contributed by atoms with Crippen molar-refractivity contribution in [3.05, 3.63) is 70.5 Å². The van der Waals surface area contributed by atoms with E-state index in [1.165, 1.54) is 11.1 Å². The van der Waals surface area contributed by atoms with Gasteiger partial charge in [-0.1, -0.05) is 17.7 Å². The molecule has 2 aromatic heterocycles. The predicted molar refractivity (Wildman–Crippen MR) is 111 cm³/mol. The Labute approximate surface area is 175 Å². The van der Waals surface area contributed by atoms with Crippen molar-refractivity contribution in [2.24, 2.45) is 0 Å². The van der Waals surface area contributed by atoms with Gasteiger partial charge in [0.15, 0.2) is 0 Å². The number of rotatable bonds is 4. The van der Waals surface area contributed by atoms with E-state index in [-0.39, 0.29) is 6.10 Å². The van der Waals surface area contributed by atoms with E-state index in [1.54, 1.807) is 7.11 Å². The van der Waals surface area contributed by atoms with Crippen LogP contribution in [0.5, 0.6) is 0 Å². The SMILES string of the molecule is COC1Cc2cc(Cl)ccc2-n2c(nnc2C2CCN(Cc3cccnc3)C2)C1. The second-order valence-corrected chi connectivity index (χ2v) is 8.37. The molecule has 0 spiro atoms. The van der Waals surface area contributed by atoms with Crippen molar-refractivity contribution in [2.75, 3.05) is 20.2 Å². The highest BCUT2D eigenvalue weighted by Gasteiger charge is 2.32. The summed E-state index contributed by atoms with van der Waals surface area (Å²) in [7, 11) is 1.76. The lowest BCUT2D eigenvalue weighted by molar-refractivity contribution is 0.103. The molecule has 2 unspecified atom stereocenters. The topological polar surface area (TPSA) is 56.1 Å². The molecule has 0 bridgehead atoms. The van der Waals surface area contributed by atoms with E-state index in [9.17, 15) is 0 Å². The monoisotopic (exact) mass is 409 g/mol. The van der Waals surface area contributed by atoms with Gasteiger partial charge in [-0.15, -0.1) is 10.2 Å². The summed E-state index contributed by atoms with van der Waals surface area (Å²) >= 11 is 6.29. The summed E-state index contributed by atoms with van der Waals surface area (Å²) in [6.07, 6.45) is 6.50. The van der Waals surface area contributed by atoms with Gasteiger partial charge in [-0.25, -0.2) is 0 Å². The van der Waals surface area contributed by atoms with Gasteiger partial charge in [-0.3, -0.25) is 14.5 Å². The minimum atomic E-state index is 0.0798. The van der Waals surface area contributed by atoms with E-state index in [2.05, 4.69) is 36.8 Å². The fourth-order valence-electron chi connectivity index (χ4n) is 4.55. The molecule has 29 heavy (non-hydrogen) atoms. The molecule has 1 saturated heterocycles. The second-order valence-electron chi connectivity index (χ2n) is 7.93. The van der Waals surface area contributed by atoms with Crippen LogP contribution < -0.4 is 0 Å². The van der Waals surface area contributed by atoms with Crippen LogP contribution in [0.25, 0.3) is 5.69 Å². The number of ether oxygens (including phenoxy) is 1. The van der Waals surface area contributed by atoms with E-state index in [0.717, 1.165) is 61.3 Å². The molecule has 1 aromatic carbocycles. The lowest BCUT2D eigenvalue weighted by Crippen LogP contribution is -2.20. The third kappa shape index (κ3) is 3.68. The molecule has 0 N–H and O–H groups in total. The molecule has 1 fully saturated rings. The summed E-state index contributed by atoms with van der Waals surface area (Å²) in [4.78, 5) is 6.71. The largest absolute Gasteiger partial charge is 0.381 e. The van der Waals surface area contributed by atoms with E-state index in [1.807, 2.05) is 30.6 Å². The highest BCUT2D eigenvalue weighted by atomic mass is 35.5. The van der Waals surface area contributed by atoms with Gasteiger partial charge in [0.2, 0.25) is 0 Å². The van der Waals surface area contributed by atoms with E-state index < -0.39 is 0 Å². The van der Waals surface area contributed by atoms with Crippen LogP contribution in [0, 0.1) is 0 Å². The van der Waals surface area contributed by atoms with Gasteiger partial charge >= 0.3 is 0 Å². The van der Waals surface area contributed by atoms with Crippen molar-refractivity contribution >= 4 is 11.6 Å². The van der Waals surface area contributed by atoms with Gasteiger partial charge in [-0.2, -0.15) is 0 Å². The van der Waals surface area contributed by atoms with Gasteiger partial charge in [0.05, 0.1) is 11.8 Å². The van der Waals surface area contributed by atoms with Gasteiger partial charge in [0.25, 0.3) is 0 Å². The number of aromatic nitrogens is 4. The summed E-state index contributed by atoms with van der Waals surface area (Å²) in [6.45, 7) is 2.95. The minimum Gasteiger partial charge on any atom is -0.381 e. The maximum absolute atomic E-state index is 6.29. The van der Waals surface area contributed by atoms with Crippen LogP contribution in [-0.2, 0) is 24.1 Å². The van der Waals surface area contributed by atoms with Gasteiger partial charge in [0.1, 0.15) is 11.6 Å². The van der Waals surface area contributed by atoms with Gasteiger partial charge in [-0.05, 0) is 48.4 Å². The highest BCUT2D eigenvalue weighted by Crippen LogP contribution is 2.33. The molecule has 0 radical (unpaired) electrons. The number of nitrogens with zero attached hydrogens (tertiary/aromatic N) is 5. The Bertz CT molecular complexity index is 1010. The number of fused-ring (bicyclic) bond motifs is 3. The molecular formula is C22H24ClN5O. The van der Waals surface area contributed by atoms with Crippen molar-refractivity contribution in [1.82, 2.24) is 24.6 Å². The Morgan fingerprint density at radius 3 is 2.97 bits per heavy atom. The van der Waals surface area contributed by atoms with E-state index in [0.29, 0.717) is 5.92 Å². The third-order valence-corrected chi connectivity index (χ3v) is 6.23. The Balaban J connectivity index is 1.45. The molecule has 3 aromatic rings. The molecule has 0 amide bonds. The van der Waals surface area contributed by atoms with E-state index in [4.69, 9.17) is 16.3 Å². The Kier molecular flexibility index (Phi) is 5.08. The first kappa shape index (κ1) is 18.7. The van der Waals surface area contributed by atoms with Crippen LogP contribution in [0.3, 0.4) is 0 Å². The fourth-order valence-corrected chi connectivity index (χ4v) is 4.74. The maximum Gasteiger partial charge on any atom is 0.142 e. The van der Waals surface area contributed by atoms with E-state index >= 15 is 0 Å². The molecule has 2 aliphatic heterocycles. The zero-order valence-electron chi connectivity index (χ0n) is 16.5. The average Bonchev–Trinajstić information content (AvgIpc) is 3.32. The first-order valence-corrected chi connectivity index (χ1v) is 10.5. The second kappa shape index (κ2) is 7.86.